The van der Waals surface area contributed by atoms with Gasteiger partial charge in [-0.3, -0.25) is 9.59 Å². The number of hydrogen-bond donors (Lipinski definition) is 2. The Morgan fingerprint density at radius 2 is 1.67 bits per heavy atom. The molecule has 2 N–H and O–H groups in total. The molecule has 1 aliphatic rings. The number of urea groups is 1. The summed E-state index contributed by atoms with van der Waals surface area (Å²) >= 11 is 0. The summed E-state index contributed by atoms with van der Waals surface area (Å²) in [5.41, 5.74) is 3.15. The van der Waals surface area contributed by atoms with Gasteiger partial charge in [-0.2, -0.15) is 0 Å². The minimum atomic E-state index is -1.16. The molecule has 2 aromatic carbocycles. The second-order valence-electron chi connectivity index (χ2n) is 8.60. The van der Waals surface area contributed by atoms with Crippen molar-refractivity contribution in [2.45, 2.75) is 51.7 Å². The van der Waals surface area contributed by atoms with E-state index in [9.17, 15) is 18.8 Å². The number of rotatable bonds is 9. The van der Waals surface area contributed by atoms with Gasteiger partial charge in [-0.15, -0.1) is 0 Å². The first kappa shape index (κ1) is 24.4. The number of amides is 3. The number of Topliss-reactive ketones (excluding diaryl/α,β-unsaturated/α-hetero) is 1. The first-order chi connectivity index (χ1) is 15.9. The molecule has 0 spiro atoms. The molecule has 0 aliphatic carbocycles. The predicted octanol–water partition coefficient (Wildman–Crippen LogP) is 3.44. The highest BCUT2D eigenvalue weighted by Gasteiger charge is 2.31. The van der Waals surface area contributed by atoms with Crippen molar-refractivity contribution in [3.8, 4) is 0 Å². The fourth-order valence-corrected chi connectivity index (χ4v) is 4.05. The van der Waals surface area contributed by atoms with Gasteiger partial charge in [-0.05, 0) is 35.4 Å². The van der Waals surface area contributed by atoms with E-state index in [0.29, 0.717) is 19.5 Å². The zero-order chi connectivity index (χ0) is 23.8. The van der Waals surface area contributed by atoms with E-state index in [1.165, 1.54) is 5.56 Å². The Bertz CT molecular complexity index is 966. The van der Waals surface area contributed by atoms with Crippen LogP contribution in [0.3, 0.4) is 0 Å². The topological polar surface area (TPSA) is 78.5 Å². The number of alkyl halides is 1. The maximum atomic E-state index is 13.2. The van der Waals surface area contributed by atoms with E-state index in [2.05, 4.69) is 16.7 Å². The Balaban J connectivity index is 1.69. The Kier molecular flexibility index (Phi) is 8.58. The molecule has 6 nitrogen and oxygen atoms in total. The monoisotopic (exact) mass is 453 g/mol. The van der Waals surface area contributed by atoms with Gasteiger partial charge in [0.25, 0.3) is 0 Å². The predicted molar refractivity (Wildman–Crippen MR) is 125 cm³/mol. The van der Waals surface area contributed by atoms with Gasteiger partial charge in [0.05, 0.1) is 6.04 Å². The van der Waals surface area contributed by atoms with Crippen molar-refractivity contribution in [3.05, 3.63) is 71.3 Å². The molecular weight excluding hydrogens is 421 g/mol. The summed E-state index contributed by atoms with van der Waals surface area (Å²) in [5.74, 6) is -1.32. The maximum Gasteiger partial charge on any atom is 0.318 e. The zero-order valence-corrected chi connectivity index (χ0v) is 19.2. The molecule has 7 heteroatoms. The van der Waals surface area contributed by atoms with Crippen molar-refractivity contribution in [1.29, 1.82) is 0 Å². The SMILES string of the molecule is CCC(C)[C@H](NC(=O)N1CCc2ccccc2C1)C(=O)NC(Cc1ccccc1)C(=O)CF. The number of benzene rings is 2. The van der Waals surface area contributed by atoms with Gasteiger partial charge in [0.15, 0.2) is 5.78 Å². The van der Waals surface area contributed by atoms with Crippen LogP contribution < -0.4 is 10.6 Å². The summed E-state index contributed by atoms with van der Waals surface area (Å²) in [6, 6.07) is 15.0. The largest absolute Gasteiger partial charge is 0.344 e. The highest BCUT2D eigenvalue weighted by Crippen LogP contribution is 2.19. The van der Waals surface area contributed by atoms with Gasteiger partial charge in [0.1, 0.15) is 12.7 Å². The number of nitrogens with zero attached hydrogens (tertiary/aromatic N) is 1. The summed E-state index contributed by atoms with van der Waals surface area (Å²) in [4.78, 5) is 40.1. The van der Waals surface area contributed by atoms with Crippen LogP contribution in [-0.2, 0) is 29.0 Å². The van der Waals surface area contributed by atoms with Crippen molar-refractivity contribution >= 4 is 17.7 Å². The van der Waals surface area contributed by atoms with Crippen LogP contribution in [0.4, 0.5) is 9.18 Å². The highest BCUT2D eigenvalue weighted by molar-refractivity contribution is 5.93. The Labute approximate surface area is 194 Å². The van der Waals surface area contributed by atoms with E-state index in [0.717, 1.165) is 17.5 Å². The molecule has 0 saturated heterocycles. The molecule has 3 rings (SSSR count). The number of halogens is 1. The Morgan fingerprint density at radius 1 is 1.00 bits per heavy atom. The Morgan fingerprint density at radius 3 is 2.33 bits per heavy atom. The number of nitrogens with one attached hydrogen (secondary N) is 2. The fraction of sp³-hybridized carbons (Fsp3) is 0.423. The lowest BCUT2D eigenvalue weighted by Gasteiger charge is -2.32. The number of carbonyl (C=O) groups is 3. The lowest BCUT2D eigenvalue weighted by atomic mass is 9.96. The molecule has 3 atom stereocenters. The van der Waals surface area contributed by atoms with Crippen LogP contribution >= 0.6 is 0 Å². The molecule has 1 heterocycles. The van der Waals surface area contributed by atoms with Crippen LogP contribution in [0.2, 0.25) is 0 Å². The second kappa shape index (κ2) is 11.6. The Hall–Kier alpha value is -3.22. The maximum absolute atomic E-state index is 13.2. The molecule has 0 aromatic heterocycles. The first-order valence-corrected chi connectivity index (χ1v) is 11.5. The molecule has 2 unspecified atom stereocenters. The van der Waals surface area contributed by atoms with E-state index in [1.807, 2.05) is 62.4 Å². The average molecular weight is 454 g/mol. The number of carbonyl (C=O) groups excluding carboxylic acids is 3. The molecule has 0 bridgehead atoms. The molecule has 2 aromatic rings. The quantitative estimate of drug-likeness (QED) is 0.611. The molecular formula is C26H32FN3O3. The van der Waals surface area contributed by atoms with E-state index in [-0.39, 0.29) is 18.4 Å². The zero-order valence-electron chi connectivity index (χ0n) is 19.2. The standard InChI is InChI=1S/C26H32FN3O3/c1-3-18(2)24(29-26(33)30-14-13-20-11-7-8-12-21(20)17-30)25(32)28-22(23(31)16-27)15-19-9-5-4-6-10-19/h4-12,18,22,24H,3,13-17H2,1-2H3,(H,28,32)(H,29,33)/t18?,22?,24-/m0/s1. The second-order valence-corrected chi connectivity index (χ2v) is 8.60. The lowest BCUT2D eigenvalue weighted by molar-refractivity contribution is -0.130. The van der Waals surface area contributed by atoms with Gasteiger partial charge in [-0.1, -0.05) is 74.9 Å². The van der Waals surface area contributed by atoms with Crippen LogP contribution in [0, 0.1) is 5.92 Å². The van der Waals surface area contributed by atoms with Gasteiger partial charge in [0.2, 0.25) is 5.91 Å². The molecule has 0 radical (unpaired) electrons. The minimum absolute atomic E-state index is 0.163. The van der Waals surface area contributed by atoms with Gasteiger partial charge < -0.3 is 15.5 Å². The number of hydrogen-bond acceptors (Lipinski definition) is 3. The molecule has 1 aliphatic heterocycles. The number of ketones is 1. The summed E-state index contributed by atoms with van der Waals surface area (Å²) < 4.78 is 13.2. The summed E-state index contributed by atoms with van der Waals surface area (Å²) in [6.07, 6.45) is 1.61. The van der Waals surface area contributed by atoms with E-state index < -0.39 is 30.4 Å². The van der Waals surface area contributed by atoms with Crippen LogP contribution in [0.5, 0.6) is 0 Å². The van der Waals surface area contributed by atoms with Crippen LogP contribution in [0.1, 0.15) is 37.0 Å². The van der Waals surface area contributed by atoms with Crippen LogP contribution in [0.25, 0.3) is 0 Å². The van der Waals surface area contributed by atoms with Crippen molar-refractivity contribution in [2.24, 2.45) is 5.92 Å². The van der Waals surface area contributed by atoms with Gasteiger partial charge in [0, 0.05) is 13.1 Å². The van der Waals surface area contributed by atoms with Crippen LogP contribution in [-0.4, -0.2) is 47.9 Å². The highest BCUT2D eigenvalue weighted by atomic mass is 19.1. The van der Waals surface area contributed by atoms with Crippen molar-refractivity contribution in [3.63, 3.8) is 0 Å². The van der Waals surface area contributed by atoms with E-state index >= 15 is 0 Å². The van der Waals surface area contributed by atoms with E-state index in [4.69, 9.17) is 0 Å². The van der Waals surface area contributed by atoms with Crippen molar-refractivity contribution < 1.29 is 18.8 Å². The summed E-state index contributed by atoms with van der Waals surface area (Å²) in [5, 5.41) is 5.56. The fourth-order valence-electron chi connectivity index (χ4n) is 4.05. The minimum Gasteiger partial charge on any atom is -0.344 e. The smallest absolute Gasteiger partial charge is 0.318 e. The summed E-state index contributed by atoms with van der Waals surface area (Å²) in [6.45, 7) is 3.69. The third-order valence-corrected chi connectivity index (χ3v) is 6.31. The lowest BCUT2D eigenvalue weighted by Crippen LogP contribution is -2.57. The molecule has 3 amide bonds. The van der Waals surface area contributed by atoms with Gasteiger partial charge in [-0.25, -0.2) is 9.18 Å². The van der Waals surface area contributed by atoms with E-state index in [1.54, 1.807) is 4.90 Å². The third-order valence-electron chi connectivity index (χ3n) is 6.31. The third kappa shape index (κ3) is 6.40. The summed E-state index contributed by atoms with van der Waals surface area (Å²) in [7, 11) is 0. The molecule has 0 saturated carbocycles. The normalized spacial score (nSPS) is 15.7. The first-order valence-electron chi connectivity index (χ1n) is 11.5. The molecule has 0 fully saturated rings. The van der Waals surface area contributed by atoms with Crippen molar-refractivity contribution in [2.75, 3.05) is 13.2 Å². The van der Waals surface area contributed by atoms with Crippen molar-refractivity contribution in [1.82, 2.24) is 15.5 Å². The molecule has 33 heavy (non-hydrogen) atoms. The molecule has 176 valence electrons. The van der Waals surface area contributed by atoms with Gasteiger partial charge >= 0.3 is 6.03 Å². The number of fused-ring (bicyclic) bond motifs is 1. The van der Waals surface area contributed by atoms with Crippen LogP contribution in [0.15, 0.2) is 54.6 Å². The average Bonchev–Trinajstić information content (AvgIpc) is 2.85.